The molecule has 6 nitrogen and oxygen atoms in total. The van der Waals surface area contributed by atoms with E-state index < -0.39 is 0 Å². The zero-order valence-electron chi connectivity index (χ0n) is 9.68. The van der Waals surface area contributed by atoms with Crippen LogP contribution in [-0.4, -0.2) is 28.6 Å². The fraction of sp³-hybridized carbons (Fsp3) is 0.600. The van der Waals surface area contributed by atoms with Crippen molar-refractivity contribution in [2.75, 3.05) is 19.4 Å². The Morgan fingerprint density at radius 1 is 1.56 bits per heavy atom. The summed E-state index contributed by atoms with van der Waals surface area (Å²) >= 11 is 0. The predicted octanol–water partition coefficient (Wildman–Crippen LogP) is 0.802. The Balaban J connectivity index is 2.89. The number of nitrogen functional groups attached to an aromatic ring is 1. The molecule has 0 bridgehead atoms. The zero-order valence-corrected chi connectivity index (χ0v) is 9.68. The standard InChI is InChI=1S/C10H18N4O2/c1-3-4-5-6-12-8-7-9(16-2)13-10(11)14(8)15/h7,15H,3-6H2,1-2H3,(H2,11,13). The van der Waals surface area contributed by atoms with Gasteiger partial charge in [-0.1, -0.05) is 19.8 Å². The third-order valence-electron chi connectivity index (χ3n) is 2.16. The van der Waals surface area contributed by atoms with Crippen LogP contribution in [0.2, 0.25) is 0 Å². The molecular weight excluding hydrogens is 208 g/mol. The van der Waals surface area contributed by atoms with E-state index in [1.165, 1.54) is 7.11 Å². The summed E-state index contributed by atoms with van der Waals surface area (Å²) in [5, 5.41) is 9.55. The normalized spacial score (nSPS) is 11.8. The topological polar surface area (TPSA) is 85.7 Å². The maximum absolute atomic E-state index is 9.55. The monoisotopic (exact) mass is 226 g/mol. The van der Waals surface area contributed by atoms with E-state index in [0.717, 1.165) is 24.0 Å². The lowest BCUT2D eigenvalue weighted by atomic mass is 10.2. The molecule has 0 radical (unpaired) electrons. The van der Waals surface area contributed by atoms with Crippen LogP contribution in [0.25, 0.3) is 0 Å². The van der Waals surface area contributed by atoms with Crippen LogP contribution in [0.15, 0.2) is 11.1 Å². The van der Waals surface area contributed by atoms with Gasteiger partial charge in [0.25, 0.3) is 0 Å². The summed E-state index contributed by atoms with van der Waals surface area (Å²) in [6.45, 7) is 2.78. The van der Waals surface area contributed by atoms with E-state index in [0.29, 0.717) is 17.9 Å². The molecule has 0 amide bonds. The first-order valence-corrected chi connectivity index (χ1v) is 5.32. The van der Waals surface area contributed by atoms with Crippen LogP contribution in [0, 0.1) is 0 Å². The van der Waals surface area contributed by atoms with Gasteiger partial charge in [-0.25, -0.2) is 0 Å². The highest BCUT2D eigenvalue weighted by Gasteiger charge is 2.02. The van der Waals surface area contributed by atoms with Crippen LogP contribution in [0.3, 0.4) is 0 Å². The SMILES string of the molecule is CCCCCN=c1cc(OC)nc(N)n1O. The van der Waals surface area contributed by atoms with Crippen LogP contribution in [0.5, 0.6) is 5.88 Å². The summed E-state index contributed by atoms with van der Waals surface area (Å²) < 4.78 is 5.70. The van der Waals surface area contributed by atoms with Crippen LogP contribution < -0.4 is 16.0 Å². The largest absolute Gasteiger partial charge is 0.481 e. The Morgan fingerprint density at radius 2 is 2.31 bits per heavy atom. The molecule has 0 saturated carbocycles. The molecule has 0 aliphatic heterocycles. The van der Waals surface area contributed by atoms with Gasteiger partial charge in [-0.3, -0.25) is 4.99 Å². The smallest absolute Gasteiger partial charge is 0.239 e. The van der Waals surface area contributed by atoms with Gasteiger partial charge in [0.1, 0.15) is 0 Å². The van der Waals surface area contributed by atoms with Gasteiger partial charge in [-0.15, -0.1) is 4.73 Å². The van der Waals surface area contributed by atoms with Crippen molar-refractivity contribution in [1.29, 1.82) is 0 Å². The quantitative estimate of drug-likeness (QED) is 0.574. The van der Waals surface area contributed by atoms with E-state index in [1.807, 2.05) is 0 Å². The molecule has 0 saturated heterocycles. The molecule has 1 heterocycles. The summed E-state index contributed by atoms with van der Waals surface area (Å²) in [7, 11) is 1.49. The Kier molecular flexibility index (Phi) is 4.63. The fourth-order valence-corrected chi connectivity index (χ4v) is 1.25. The number of anilines is 1. The summed E-state index contributed by atoms with van der Waals surface area (Å²) in [4.78, 5) is 8.03. The van der Waals surface area contributed by atoms with Gasteiger partial charge in [-0.2, -0.15) is 4.98 Å². The van der Waals surface area contributed by atoms with Crippen LogP contribution >= 0.6 is 0 Å². The van der Waals surface area contributed by atoms with E-state index >= 15 is 0 Å². The second kappa shape index (κ2) is 5.99. The molecule has 0 aromatic carbocycles. The van der Waals surface area contributed by atoms with E-state index in [1.54, 1.807) is 6.07 Å². The number of nitrogens with two attached hydrogens (primary N) is 1. The summed E-state index contributed by atoms with van der Waals surface area (Å²) in [5.74, 6) is 0.311. The van der Waals surface area contributed by atoms with Gasteiger partial charge in [0.05, 0.1) is 7.11 Å². The Morgan fingerprint density at radius 3 is 2.94 bits per heavy atom. The van der Waals surface area contributed by atoms with E-state index in [-0.39, 0.29) is 5.95 Å². The molecule has 1 aromatic rings. The second-order valence-electron chi connectivity index (χ2n) is 3.42. The first-order chi connectivity index (χ1) is 7.69. The van der Waals surface area contributed by atoms with Gasteiger partial charge < -0.3 is 15.7 Å². The minimum absolute atomic E-state index is 0.0337. The third-order valence-corrected chi connectivity index (χ3v) is 2.16. The molecule has 16 heavy (non-hydrogen) atoms. The first kappa shape index (κ1) is 12.4. The minimum Gasteiger partial charge on any atom is -0.481 e. The number of unbranched alkanes of at least 4 members (excludes halogenated alkanes) is 2. The highest BCUT2D eigenvalue weighted by Crippen LogP contribution is 2.03. The zero-order chi connectivity index (χ0) is 12.0. The Hall–Kier alpha value is -1.72. The molecule has 3 N–H and O–H groups in total. The summed E-state index contributed by atoms with van der Waals surface area (Å²) in [6.07, 6.45) is 3.24. The lowest BCUT2D eigenvalue weighted by Crippen LogP contribution is -2.23. The number of methoxy groups -OCH3 is 1. The van der Waals surface area contributed by atoms with Crippen LogP contribution in [-0.2, 0) is 0 Å². The number of hydrogen-bond acceptors (Lipinski definition) is 5. The van der Waals surface area contributed by atoms with Gasteiger partial charge in [-0.05, 0) is 6.42 Å². The van der Waals surface area contributed by atoms with E-state index in [4.69, 9.17) is 10.5 Å². The van der Waals surface area contributed by atoms with Crippen molar-refractivity contribution in [2.45, 2.75) is 26.2 Å². The van der Waals surface area contributed by atoms with Crippen molar-refractivity contribution in [3.8, 4) is 5.88 Å². The van der Waals surface area contributed by atoms with Crippen LogP contribution in [0.4, 0.5) is 5.95 Å². The number of nitrogens with zero attached hydrogens (tertiary/aromatic N) is 3. The van der Waals surface area contributed by atoms with Crippen LogP contribution in [0.1, 0.15) is 26.2 Å². The maximum Gasteiger partial charge on any atom is 0.239 e. The number of aromatic nitrogens is 2. The molecule has 6 heteroatoms. The van der Waals surface area contributed by atoms with Crippen molar-refractivity contribution in [3.63, 3.8) is 0 Å². The minimum atomic E-state index is -0.0337. The number of hydrogen-bond donors (Lipinski definition) is 2. The Labute approximate surface area is 94.4 Å². The molecule has 1 rings (SSSR count). The Bertz CT molecular complexity index is 400. The maximum atomic E-state index is 9.55. The predicted molar refractivity (Wildman–Crippen MR) is 60.3 cm³/mol. The molecular formula is C10H18N4O2. The summed E-state index contributed by atoms with van der Waals surface area (Å²) in [6, 6.07) is 1.54. The first-order valence-electron chi connectivity index (χ1n) is 5.32. The van der Waals surface area contributed by atoms with Crippen molar-refractivity contribution in [2.24, 2.45) is 4.99 Å². The highest BCUT2D eigenvalue weighted by molar-refractivity contribution is 5.21. The molecule has 1 aromatic heterocycles. The molecule has 0 atom stereocenters. The van der Waals surface area contributed by atoms with Gasteiger partial charge >= 0.3 is 0 Å². The highest BCUT2D eigenvalue weighted by atomic mass is 16.5. The molecule has 90 valence electrons. The van der Waals surface area contributed by atoms with Crippen molar-refractivity contribution >= 4 is 5.95 Å². The summed E-state index contributed by atoms with van der Waals surface area (Å²) in [5.41, 5.74) is 5.85. The van der Waals surface area contributed by atoms with Gasteiger partial charge in [0, 0.05) is 12.6 Å². The van der Waals surface area contributed by atoms with E-state index in [9.17, 15) is 5.21 Å². The number of rotatable bonds is 5. The average molecular weight is 226 g/mol. The molecule has 0 fully saturated rings. The molecule has 0 aliphatic carbocycles. The molecule has 0 unspecified atom stereocenters. The lowest BCUT2D eigenvalue weighted by molar-refractivity contribution is 0.173. The third kappa shape index (κ3) is 3.15. The fourth-order valence-electron chi connectivity index (χ4n) is 1.25. The number of ether oxygens (including phenoxy) is 1. The van der Waals surface area contributed by atoms with Crippen molar-refractivity contribution in [3.05, 3.63) is 11.6 Å². The second-order valence-corrected chi connectivity index (χ2v) is 3.42. The van der Waals surface area contributed by atoms with Crippen molar-refractivity contribution in [1.82, 2.24) is 9.71 Å². The van der Waals surface area contributed by atoms with Gasteiger partial charge in [0.2, 0.25) is 11.8 Å². The molecule has 0 aliphatic rings. The lowest BCUT2D eigenvalue weighted by Gasteiger charge is -2.04. The van der Waals surface area contributed by atoms with Gasteiger partial charge in [0.15, 0.2) is 5.49 Å². The van der Waals surface area contributed by atoms with E-state index in [2.05, 4.69) is 16.9 Å². The molecule has 0 spiro atoms. The van der Waals surface area contributed by atoms with Crippen molar-refractivity contribution < 1.29 is 9.94 Å². The average Bonchev–Trinajstić information content (AvgIpc) is 2.29.